The van der Waals surface area contributed by atoms with Crippen LogP contribution in [0.25, 0.3) is 0 Å². The highest BCUT2D eigenvalue weighted by Crippen LogP contribution is 2.32. The van der Waals surface area contributed by atoms with Crippen LogP contribution in [0.5, 0.6) is 0 Å². The number of carbonyl (C=O) groups excluding carboxylic acids is 1. The topological polar surface area (TPSA) is 55.1 Å². The first-order chi connectivity index (χ1) is 9.61. The average molecular weight is 306 g/mol. The summed E-state index contributed by atoms with van der Waals surface area (Å²) in [7, 11) is 0. The summed E-state index contributed by atoms with van der Waals surface area (Å²) in [6.45, 7) is 3.42. The van der Waals surface area contributed by atoms with Gasteiger partial charge in [-0.1, -0.05) is 19.9 Å². The summed E-state index contributed by atoms with van der Waals surface area (Å²) >= 11 is 0. The van der Waals surface area contributed by atoms with Gasteiger partial charge in [-0.3, -0.25) is 4.79 Å². The highest BCUT2D eigenvalue weighted by Gasteiger charge is 2.33. The van der Waals surface area contributed by atoms with Crippen LogP contribution >= 0.6 is 0 Å². The molecule has 0 heterocycles. The lowest BCUT2D eigenvalue weighted by atomic mass is 10.0. The van der Waals surface area contributed by atoms with Gasteiger partial charge in [-0.15, -0.1) is 0 Å². The second-order valence-corrected chi connectivity index (χ2v) is 5.25. The van der Waals surface area contributed by atoms with Gasteiger partial charge in [0, 0.05) is 6.54 Å². The second-order valence-electron chi connectivity index (χ2n) is 5.25. The van der Waals surface area contributed by atoms with Gasteiger partial charge in [-0.05, 0) is 30.0 Å². The third kappa shape index (κ3) is 5.34. The van der Waals surface area contributed by atoms with E-state index in [1.54, 1.807) is 0 Å². The van der Waals surface area contributed by atoms with Gasteiger partial charge in [-0.25, -0.2) is 4.39 Å². The van der Waals surface area contributed by atoms with Crippen molar-refractivity contribution in [1.29, 1.82) is 0 Å². The van der Waals surface area contributed by atoms with Crippen molar-refractivity contribution in [1.82, 2.24) is 5.32 Å². The van der Waals surface area contributed by atoms with Gasteiger partial charge in [0.1, 0.15) is 5.82 Å². The number of benzene rings is 1. The molecule has 3 nitrogen and oxygen atoms in total. The molecule has 0 bridgehead atoms. The van der Waals surface area contributed by atoms with Crippen LogP contribution in [0.3, 0.4) is 0 Å². The number of hydrogen-bond donors (Lipinski definition) is 2. The van der Waals surface area contributed by atoms with Crippen LogP contribution in [-0.2, 0) is 17.5 Å². The van der Waals surface area contributed by atoms with Gasteiger partial charge in [0.2, 0.25) is 5.91 Å². The number of halogens is 4. The van der Waals surface area contributed by atoms with Crippen molar-refractivity contribution in [3.63, 3.8) is 0 Å². The third-order valence-corrected chi connectivity index (χ3v) is 2.89. The summed E-state index contributed by atoms with van der Waals surface area (Å²) < 4.78 is 51.3. The summed E-state index contributed by atoms with van der Waals surface area (Å²) in [5.74, 6) is -1.31. The molecule has 118 valence electrons. The molecule has 0 aliphatic rings. The van der Waals surface area contributed by atoms with Crippen molar-refractivity contribution in [3.05, 3.63) is 35.1 Å². The molecular formula is C14H18F4N2O. The molecule has 1 aromatic carbocycles. The lowest BCUT2D eigenvalue weighted by Gasteiger charge is -2.16. The minimum Gasteiger partial charge on any atom is -0.351 e. The molecule has 1 aromatic rings. The van der Waals surface area contributed by atoms with E-state index in [9.17, 15) is 22.4 Å². The van der Waals surface area contributed by atoms with Gasteiger partial charge in [0.05, 0.1) is 11.6 Å². The maximum atomic E-state index is 12.9. The smallest absolute Gasteiger partial charge is 0.351 e. The lowest BCUT2D eigenvalue weighted by Crippen LogP contribution is -2.41. The van der Waals surface area contributed by atoms with Crippen molar-refractivity contribution >= 4 is 5.91 Å². The van der Waals surface area contributed by atoms with Crippen LogP contribution in [0.1, 0.15) is 31.4 Å². The Morgan fingerprint density at radius 1 is 1.33 bits per heavy atom. The largest absolute Gasteiger partial charge is 0.416 e. The van der Waals surface area contributed by atoms with Crippen molar-refractivity contribution in [3.8, 4) is 0 Å². The second kappa shape index (κ2) is 6.89. The fourth-order valence-corrected chi connectivity index (χ4v) is 1.90. The van der Waals surface area contributed by atoms with Crippen LogP contribution in [0.4, 0.5) is 17.6 Å². The van der Waals surface area contributed by atoms with Crippen LogP contribution in [0.2, 0.25) is 0 Å². The predicted molar refractivity (Wildman–Crippen MR) is 70.7 cm³/mol. The first-order valence-electron chi connectivity index (χ1n) is 6.50. The molecule has 0 aromatic heterocycles. The summed E-state index contributed by atoms with van der Waals surface area (Å²) in [6, 6.07) is 1.56. The number of amides is 1. The Morgan fingerprint density at radius 3 is 2.48 bits per heavy atom. The number of nitrogens with two attached hydrogens (primary N) is 1. The minimum atomic E-state index is -4.68. The SMILES string of the molecule is CC(C)C[C@H](N)C(=O)NCc1ccc(F)cc1C(F)(F)F. The Balaban J connectivity index is 2.78. The summed E-state index contributed by atoms with van der Waals surface area (Å²) in [5.41, 5.74) is 4.34. The maximum Gasteiger partial charge on any atom is 0.416 e. The summed E-state index contributed by atoms with van der Waals surface area (Å²) in [5, 5.41) is 2.35. The van der Waals surface area contributed by atoms with E-state index < -0.39 is 29.5 Å². The Morgan fingerprint density at radius 2 is 1.95 bits per heavy atom. The van der Waals surface area contributed by atoms with Crippen molar-refractivity contribution in [2.75, 3.05) is 0 Å². The van der Waals surface area contributed by atoms with E-state index in [0.717, 1.165) is 12.1 Å². The molecule has 0 unspecified atom stereocenters. The van der Waals surface area contributed by atoms with Gasteiger partial charge in [-0.2, -0.15) is 13.2 Å². The molecule has 1 amide bonds. The lowest BCUT2D eigenvalue weighted by molar-refractivity contribution is -0.138. The molecule has 21 heavy (non-hydrogen) atoms. The molecular weight excluding hydrogens is 288 g/mol. The Labute approximate surface area is 120 Å². The zero-order valence-corrected chi connectivity index (χ0v) is 11.8. The average Bonchev–Trinajstić information content (AvgIpc) is 2.34. The van der Waals surface area contributed by atoms with E-state index in [2.05, 4.69) is 5.32 Å². The molecule has 0 aliphatic heterocycles. The zero-order valence-electron chi connectivity index (χ0n) is 11.8. The Hall–Kier alpha value is -1.63. The van der Waals surface area contributed by atoms with Crippen molar-refractivity contribution in [2.45, 2.75) is 39.0 Å². The van der Waals surface area contributed by atoms with Gasteiger partial charge in [0.25, 0.3) is 0 Å². The number of rotatable bonds is 5. The summed E-state index contributed by atoms with van der Waals surface area (Å²) in [6.07, 6.45) is -4.25. The number of nitrogens with one attached hydrogen (secondary N) is 1. The van der Waals surface area contributed by atoms with E-state index in [4.69, 9.17) is 5.73 Å². The van der Waals surface area contributed by atoms with E-state index >= 15 is 0 Å². The highest BCUT2D eigenvalue weighted by atomic mass is 19.4. The van der Waals surface area contributed by atoms with E-state index in [0.29, 0.717) is 12.5 Å². The van der Waals surface area contributed by atoms with Crippen LogP contribution < -0.4 is 11.1 Å². The monoisotopic (exact) mass is 306 g/mol. The van der Waals surface area contributed by atoms with Crippen LogP contribution in [0, 0.1) is 11.7 Å². The van der Waals surface area contributed by atoms with E-state index in [1.165, 1.54) is 0 Å². The molecule has 0 spiro atoms. The number of hydrogen-bond acceptors (Lipinski definition) is 2. The third-order valence-electron chi connectivity index (χ3n) is 2.89. The molecule has 1 atom stereocenters. The highest BCUT2D eigenvalue weighted by molar-refractivity contribution is 5.81. The van der Waals surface area contributed by atoms with Gasteiger partial charge in [0.15, 0.2) is 0 Å². The van der Waals surface area contributed by atoms with Crippen LogP contribution in [0.15, 0.2) is 18.2 Å². The van der Waals surface area contributed by atoms with Crippen molar-refractivity contribution in [2.24, 2.45) is 11.7 Å². The standard InChI is InChI=1S/C14H18F4N2O/c1-8(2)5-12(19)13(21)20-7-9-3-4-10(15)6-11(9)14(16,17)18/h3-4,6,8,12H,5,7,19H2,1-2H3,(H,20,21)/t12-/m0/s1. The normalized spacial score (nSPS) is 13.3. The summed E-state index contributed by atoms with van der Waals surface area (Å²) in [4.78, 5) is 11.7. The Kier molecular flexibility index (Phi) is 5.71. The fraction of sp³-hybridized carbons (Fsp3) is 0.500. The minimum absolute atomic E-state index is 0.197. The van der Waals surface area contributed by atoms with E-state index in [-0.39, 0.29) is 18.0 Å². The number of alkyl halides is 3. The molecule has 0 saturated carbocycles. The quantitative estimate of drug-likeness (QED) is 0.822. The fourth-order valence-electron chi connectivity index (χ4n) is 1.90. The molecule has 0 radical (unpaired) electrons. The van der Waals surface area contributed by atoms with Gasteiger partial charge >= 0.3 is 6.18 Å². The maximum absolute atomic E-state index is 12.9. The molecule has 3 N–H and O–H groups in total. The molecule has 0 aliphatic carbocycles. The molecule has 0 saturated heterocycles. The molecule has 7 heteroatoms. The predicted octanol–water partition coefficient (Wildman–Crippen LogP) is 2.83. The van der Waals surface area contributed by atoms with E-state index in [1.807, 2.05) is 13.8 Å². The molecule has 0 fully saturated rings. The molecule has 1 rings (SSSR count). The zero-order chi connectivity index (χ0) is 16.2. The van der Waals surface area contributed by atoms with Crippen molar-refractivity contribution < 1.29 is 22.4 Å². The first-order valence-corrected chi connectivity index (χ1v) is 6.50. The first kappa shape index (κ1) is 17.4. The van der Waals surface area contributed by atoms with Crippen LogP contribution in [-0.4, -0.2) is 11.9 Å². The number of carbonyl (C=O) groups is 1. The van der Waals surface area contributed by atoms with Gasteiger partial charge < -0.3 is 11.1 Å². The Bertz CT molecular complexity index is 500.